The molecule has 0 saturated heterocycles. The number of nitrogens with zero attached hydrogens (tertiary/aromatic N) is 6. The summed E-state index contributed by atoms with van der Waals surface area (Å²) in [5.41, 5.74) is 25.9. The molecule has 0 saturated carbocycles. The lowest BCUT2D eigenvalue weighted by atomic mass is 9.30. The van der Waals surface area contributed by atoms with E-state index in [1.807, 2.05) is 24.3 Å². The Balaban J connectivity index is 0.962. The average Bonchev–Trinajstić information content (AvgIpc) is 0.846. The molecule has 4 aliphatic heterocycles. The van der Waals surface area contributed by atoms with E-state index in [2.05, 4.69) is 251 Å². The van der Waals surface area contributed by atoms with E-state index in [0.29, 0.717) is 11.4 Å². The highest BCUT2D eigenvalue weighted by Gasteiger charge is 2.49. The minimum atomic E-state index is -0.681. The second-order valence-corrected chi connectivity index (χ2v) is 25.6. The molecule has 0 bridgehead atoms. The number of hydrogen-bond acceptors (Lipinski definition) is 4. The molecular formula is C82H54B2F4N6. The van der Waals surface area contributed by atoms with Crippen molar-refractivity contribution in [2.45, 2.75) is 27.7 Å². The summed E-state index contributed by atoms with van der Waals surface area (Å²) in [6, 6.07) is 85.1. The Morgan fingerprint density at radius 3 is 0.883 bits per heavy atom. The maximum absolute atomic E-state index is 16.1. The fourth-order valence-corrected chi connectivity index (χ4v) is 16.7. The van der Waals surface area contributed by atoms with Crippen molar-refractivity contribution < 1.29 is 17.6 Å². The number of aromatic nitrogens is 2. The van der Waals surface area contributed by atoms with E-state index in [1.165, 1.54) is 24.3 Å². The zero-order chi connectivity index (χ0) is 63.1. The van der Waals surface area contributed by atoms with Crippen molar-refractivity contribution in [3.05, 3.63) is 300 Å². The first-order valence-electron chi connectivity index (χ1n) is 31.9. The van der Waals surface area contributed by atoms with Crippen molar-refractivity contribution in [2.24, 2.45) is 0 Å². The van der Waals surface area contributed by atoms with Gasteiger partial charge in [0.15, 0.2) is 0 Å². The van der Waals surface area contributed by atoms with Crippen LogP contribution in [0.25, 0.3) is 55.0 Å². The zero-order valence-corrected chi connectivity index (χ0v) is 51.6. The summed E-state index contributed by atoms with van der Waals surface area (Å²) in [5.74, 6) is -2.72. The van der Waals surface area contributed by atoms with Crippen LogP contribution in [0.5, 0.6) is 0 Å². The summed E-state index contributed by atoms with van der Waals surface area (Å²) in [4.78, 5) is 8.91. The second kappa shape index (κ2) is 20.0. The van der Waals surface area contributed by atoms with Gasteiger partial charge in [-0.3, -0.25) is 0 Å². The van der Waals surface area contributed by atoms with Crippen LogP contribution in [-0.4, -0.2) is 22.6 Å². The van der Waals surface area contributed by atoms with Gasteiger partial charge in [0, 0.05) is 90.6 Å². The van der Waals surface area contributed by atoms with Crippen molar-refractivity contribution in [1.29, 1.82) is 0 Å². The third kappa shape index (κ3) is 7.62. The van der Waals surface area contributed by atoms with Gasteiger partial charge in [-0.2, -0.15) is 0 Å². The number of fused-ring (bicyclic) bond motifs is 14. The molecule has 0 spiro atoms. The van der Waals surface area contributed by atoms with Gasteiger partial charge in [-0.15, -0.1) is 0 Å². The Morgan fingerprint density at radius 1 is 0.234 bits per heavy atom. The predicted octanol–water partition coefficient (Wildman–Crippen LogP) is 17.8. The van der Waals surface area contributed by atoms with Gasteiger partial charge >= 0.3 is 0 Å². The minimum absolute atomic E-state index is 0.356. The molecule has 19 rings (SSSR count). The van der Waals surface area contributed by atoms with Crippen LogP contribution in [0.3, 0.4) is 0 Å². The van der Waals surface area contributed by atoms with E-state index in [1.54, 1.807) is 0 Å². The first-order valence-corrected chi connectivity index (χ1v) is 31.9. The van der Waals surface area contributed by atoms with E-state index in [-0.39, 0.29) is 0 Å². The fraction of sp³-hybridized carbons (Fsp3) is 0.0488. The molecule has 0 radical (unpaired) electrons. The van der Waals surface area contributed by atoms with Gasteiger partial charge in [-0.05, 0) is 174 Å². The molecule has 0 atom stereocenters. The van der Waals surface area contributed by atoms with E-state index < -0.39 is 36.7 Å². The highest BCUT2D eigenvalue weighted by Crippen LogP contribution is 2.52. The van der Waals surface area contributed by atoms with Gasteiger partial charge in [-0.25, -0.2) is 17.6 Å². The number of benzene rings is 13. The lowest BCUT2D eigenvalue weighted by Gasteiger charge is -2.47. The quantitative estimate of drug-likeness (QED) is 0.122. The third-order valence-corrected chi connectivity index (χ3v) is 20.2. The van der Waals surface area contributed by atoms with Crippen LogP contribution in [0.2, 0.25) is 0 Å². The van der Waals surface area contributed by atoms with E-state index in [9.17, 15) is 0 Å². The lowest BCUT2D eigenvalue weighted by Crippen LogP contribution is -2.65. The number of para-hydroxylation sites is 8. The van der Waals surface area contributed by atoms with Crippen LogP contribution in [0.1, 0.15) is 22.3 Å². The molecule has 0 amide bonds. The number of hydrogen-bond donors (Lipinski definition) is 0. The largest absolute Gasteiger partial charge is 0.311 e. The molecule has 0 unspecified atom stereocenters. The van der Waals surface area contributed by atoms with Crippen molar-refractivity contribution in [2.75, 3.05) is 19.6 Å². The van der Waals surface area contributed by atoms with Gasteiger partial charge in [0.25, 0.3) is 13.4 Å². The summed E-state index contributed by atoms with van der Waals surface area (Å²) >= 11 is 0. The molecule has 94 heavy (non-hydrogen) atoms. The highest BCUT2D eigenvalue weighted by molar-refractivity contribution is 7.03. The predicted molar refractivity (Wildman–Crippen MR) is 382 cm³/mol. The Morgan fingerprint density at radius 2 is 0.543 bits per heavy atom. The molecule has 6 heterocycles. The summed E-state index contributed by atoms with van der Waals surface area (Å²) in [6.45, 7) is 7.81. The van der Waals surface area contributed by atoms with Gasteiger partial charge in [0.05, 0.1) is 44.8 Å². The van der Waals surface area contributed by atoms with Crippen LogP contribution in [0, 0.1) is 51.0 Å². The smallest absolute Gasteiger partial charge is 0.252 e. The number of aryl methyl sites for hydroxylation is 4. The van der Waals surface area contributed by atoms with Gasteiger partial charge in [0.1, 0.15) is 23.3 Å². The molecule has 2 aromatic heterocycles. The zero-order valence-electron chi connectivity index (χ0n) is 51.6. The number of halogens is 4. The van der Waals surface area contributed by atoms with Crippen LogP contribution in [0.15, 0.2) is 255 Å². The molecule has 446 valence electrons. The summed E-state index contributed by atoms with van der Waals surface area (Å²) in [6.07, 6.45) is 0. The maximum Gasteiger partial charge on any atom is 0.252 e. The van der Waals surface area contributed by atoms with Crippen molar-refractivity contribution in [1.82, 2.24) is 9.13 Å². The topological polar surface area (TPSA) is 22.8 Å². The van der Waals surface area contributed by atoms with Crippen LogP contribution in [-0.2, 0) is 0 Å². The van der Waals surface area contributed by atoms with Crippen molar-refractivity contribution in [3.63, 3.8) is 0 Å². The van der Waals surface area contributed by atoms with Crippen molar-refractivity contribution >= 4 is 158 Å². The molecule has 0 N–H and O–H groups in total. The van der Waals surface area contributed by atoms with E-state index in [0.717, 1.165) is 179 Å². The summed E-state index contributed by atoms with van der Waals surface area (Å²) < 4.78 is 69.2. The average molecular weight is 1220 g/mol. The Bertz CT molecular complexity index is 5290. The highest BCUT2D eigenvalue weighted by atomic mass is 19.1. The first kappa shape index (κ1) is 54.3. The van der Waals surface area contributed by atoms with Gasteiger partial charge < -0.3 is 28.7 Å². The van der Waals surface area contributed by atoms with Crippen molar-refractivity contribution in [3.8, 4) is 11.4 Å². The standard InChI is InChI=1S/C82H54B2F4N6/c1-47-19-15-27-61-62-28-16-20-48(2)80(62)93(79(47)61)59-41-73-77-75(43-59)91(57-37-51(85)35-52(86)38-57)69-33-13-11-31-65(69)83(77)67-45-68-72(46-71(67)89(73)55-23-7-5-8-24-55)90(56-25-9-6-10-26-56)74-42-60(94-81-49(3)21-17-29-63(81)64-30-18-22-50(4)82(64)94)44-76-78(74)84(68)66-32-12-14-34-70(66)92(76)58-39-53(87)36-54(88)40-58/h5-46H,1-4H3. The van der Waals surface area contributed by atoms with Crippen LogP contribution < -0.4 is 52.4 Å². The second-order valence-electron chi connectivity index (χ2n) is 25.6. The third-order valence-electron chi connectivity index (χ3n) is 20.2. The Labute approximate surface area is 540 Å². The monoisotopic (exact) mass is 1220 g/mol. The van der Waals surface area contributed by atoms with Crippen LogP contribution >= 0.6 is 0 Å². The molecule has 15 aromatic rings. The van der Waals surface area contributed by atoms with E-state index >= 15 is 17.6 Å². The summed E-state index contributed by atoms with van der Waals surface area (Å²) in [5, 5.41) is 4.50. The summed E-state index contributed by atoms with van der Waals surface area (Å²) in [7, 11) is 0. The number of anilines is 12. The molecule has 12 heteroatoms. The number of rotatable bonds is 6. The Kier molecular flexibility index (Phi) is 11.5. The van der Waals surface area contributed by atoms with Gasteiger partial charge in [0.2, 0.25) is 0 Å². The molecule has 0 aliphatic carbocycles. The molecule has 4 aliphatic rings. The fourth-order valence-electron chi connectivity index (χ4n) is 16.7. The maximum atomic E-state index is 16.1. The SMILES string of the molecule is Cc1cccc2c3cccc(C)c3n(-c3cc4c5c(c3)N(c3ccccc3)c3cc6c(cc3B5c3ccccc3N4c3cc(F)cc(F)c3)B3c4ccccc4N(c4cc(F)cc(F)c4)c4cc(-n5c7c(C)cccc7c7cccc(C)c75)cc(c43)N6c3ccccc3)c12. The molecule has 0 fully saturated rings. The Hall–Kier alpha value is -11.5. The van der Waals surface area contributed by atoms with Crippen LogP contribution in [0.4, 0.5) is 85.8 Å². The molecule has 6 nitrogen and oxygen atoms in total. The molecular weight excluding hydrogens is 1170 g/mol. The molecule has 13 aromatic carbocycles. The normalized spacial score (nSPS) is 13.4. The first-order chi connectivity index (χ1) is 45.9. The van der Waals surface area contributed by atoms with Gasteiger partial charge in [-0.1, -0.05) is 152 Å². The minimum Gasteiger partial charge on any atom is -0.311 e. The van der Waals surface area contributed by atoms with E-state index in [4.69, 9.17) is 0 Å². The lowest BCUT2D eigenvalue weighted by molar-refractivity contribution is 0.583.